The van der Waals surface area contributed by atoms with Crippen molar-refractivity contribution in [2.45, 2.75) is 25.6 Å². The number of carbonyl (C=O) groups excluding carboxylic acids is 1. The highest BCUT2D eigenvalue weighted by atomic mass is 16.5. The van der Waals surface area contributed by atoms with Crippen LogP contribution in [0, 0.1) is 0 Å². The van der Waals surface area contributed by atoms with Gasteiger partial charge in [0.15, 0.2) is 0 Å². The van der Waals surface area contributed by atoms with Crippen LogP contribution in [0.1, 0.15) is 24.3 Å². The predicted octanol–water partition coefficient (Wildman–Crippen LogP) is 1.41. The molecule has 1 N–H and O–H groups in total. The number of benzene rings is 1. The number of ether oxygens (including phenoxy) is 2. The summed E-state index contributed by atoms with van der Waals surface area (Å²) in [6, 6.07) is 10.8. The number of para-hydroxylation sites is 1. The van der Waals surface area contributed by atoms with Crippen LogP contribution in [0.15, 0.2) is 41.2 Å². The van der Waals surface area contributed by atoms with Crippen molar-refractivity contribution < 1.29 is 14.3 Å². The van der Waals surface area contributed by atoms with Crippen molar-refractivity contribution in [3.05, 3.63) is 52.4 Å². The Bertz CT molecular complexity index is 794. The van der Waals surface area contributed by atoms with Crippen molar-refractivity contribution in [1.82, 2.24) is 14.7 Å². The van der Waals surface area contributed by atoms with E-state index in [-0.39, 0.29) is 23.3 Å². The summed E-state index contributed by atoms with van der Waals surface area (Å²) in [5.74, 6) is 0.554. The van der Waals surface area contributed by atoms with Gasteiger partial charge in [0.1, 0.15) is 24.2 Å². The number of morpholine rings is 1. The number of hydrogen-bond donors (Lipinski definition) is 1. The maximum Gasteiger partial charge on any atom is 0.272 e. The van der Waals surface area contributed by atoms with Gasteiger partial charge in [-0.3, -0.25) is 19.4 Å². The molecule has 0 unspecified atom stereocenters. The second-order valence-electron chi connectivity index (χ2n) is 6.88. The lowest BCUT2D eigenvalue weighted by molar-refractivity contribution is -0.136. The van der Waals surface area contributed by atoms with Crippen LogP contribution in [0.4, 0.5) is 0 Å². The van der Waals surface area contributed by atoms with Crippen LogP contribution < -0.4 is 10.3 Å². The van der Waals surface area contributed by atoms with Gasteiger partial charge in [0.05, 0.1) is 12.1 Å². The van der Waals surface area contributed by atoms with Crippen molar-refractivity contribution in [2.75, 3.05) is 19.7 Å². The number of amides is 1. The summed E-state index contributed by atoms with van der Waals surface area (Å²) in [6.45, 7) is 5.09. The maximum atomic E-state index is 12.7. The maximum absolute atomic E-state index is 12.7. The minimum Gasteiger partial charge on any atom is -0.491 e. The Morgan fingerprint density at radius 2 is 2.08 bits per heavy atom. The van der Waals surface area contributed by atoms with Crippen molar-refractivity contribution in [1.29, 1.82) is 0 Å². The monoisotopic (exact) mass is 345 g/mol. The lowest BCUT2D eigenvalue weighted by Crippen LogP contribution is -2.56. The van der Waals surface area contributed by atoms with Gasteiger partial charge in [-0.05, 0) is 26.0 Å². The normalized spacial score (nSPS) is 19.6. The summed E-state index contributed by atoms with van der Waals surface area (Å²) in [6.07, 6.45) is -0.247. The standard InChI is InChI=1S/C18H23N3O4/c1-18(2)12-21(17(23)15-9-16(22)20(3)19-15)10-14(25-18)11-24-13-7-5-4-6-8-13/h4-9,14,19H,10-12H2,1-3H3/t14-/m0/s1. The highest BCUT2D eigenvalue weighted by Crippen LogP contribution is 2.23. The Morgan fingerprint density at radius 1 is 1.36 bits per heavy atom. The molecule has 1 atom stereocenters. The summed E-state index contributed by atoms with van der Waals surface area (Å²) in [4.78, 5) is 26.0. The van der Waals surface area contributed by atoms with E-state index < -0.39 is 5.60 Å². The van der Waals surface area contributed by atoms with Crippen LogP contribution in [0.2, 0.25) is 0 Å². The minimum atomic E-state index is -0.492. The third-order valence-corrected chi connectivity index (χ3v) is 4.06. The van der Waals surface area contributed by atoms with Gasteiger partial charge in [-0.1, -0.05) is 18.2 Å². The summed E-state index contributed by atoms with van der Waals surface area (Å²) < 4.78 is 13.1. The first-order valence-corrected chi connectivity index (χ1v) is 8.25. The number of aryl methyl sites for hydroxylation is 1. The number of nitrogens with zero attached hydrogens (tertiary/aromatic N) is 2. The number of H-pyrrole nitrogens is 1. The van der Waals surface area contributed by atoms with Gasteiger partial charge < -0.3 is 14.4 Å². The summed E-state index contributed by atoms with van der Waals surface area (Å²) in [7, 11) is 1.58. The van der Waals surface area contributed by atoms with Crippen LogP contribution in [-0.2, 0) is 11.8 Å². The van der Waals surface area contributed by atoms with Crippen LogP contribution >= 0.6 is 0 Å². The van der Waals surface area contributed by atoms with Gasteiger partial charge in [0.2, 0.25) is 0 Å². The number of aromatic nitrogens is 2. The van der Waals surface area contributed by atoms with Gasteiger partial charge in [0.25, 0.3) is 11.5 Å². The minimum absolute atomic E-state index is 0.209. The fourth-order valence-electron chi connectivity index (χ4n) is 3.01. The Balaban J connectivity index is 1.70. The van der Waals surface area contributed by atoms with E-state index in [9.17, 15) is 9.59 Å². The van der Waals surface area contributed by atoms with Crippen LogP contribution in [-0.4, -0.2) is 52.0 Å². The highest BCUT2D eigenvalue weighted by Gasteiger charge is 2.36. The number of carbonyl (C=O) groups is 1. The lowest BCUT2D eigenvalue weighted by Gasteiger charge is -2.42. The van der Waals surface area contributed by atoms with Crippen LogP contribution in [0.3, 0.4) is 0 Å². The Morgan fingerprint density at radius 3 is 2.72 bits per heavy atom. The van der Waals surface area contributed by atoms with Crippen molar-refractivity contribution in [3.63, 3.8) is 0 Å². The largest absolute Gasteiger partial charge is 0.491 e. The number of aromatic amines is 1. The van der Waals surface area contributed by atoms with Crippen LogP contribution in [0.5, 0.6) is 5.75 Å². The third-order valence-electron chi connectivity index (χ3n) is 4.06. The molecule has 25 heavy (non-hydrogen) atoms. The average Bonchev–Trinajstić information content (AvgIpc) is 2.91. The van der Waals surface area contributed by atoms with E-state index >= 15 is 0 Å². The summed E-state index contributed by atoms with van der Waals surface area (Å²) in [5.41, 5.74) is -0.444. The van der Waals surface area contributed by atoms with E-state index in [0.717, 1.165) is 5.75 Å². The Kier molecular flexibility index (Phi) is 4.67. The fourth-order valence-corrected chi connectivity index (χ4v) is 3.01. The van der Waals surface area contributed by atoms with Gasteiger partial charge in [0, 0.05) is 19.7 Å². The molecule has 7 heteroatoms. The average molecular weight is 345 g/mol. The molecule has 0 bridgehead atoms. The van der Waals surface area contributed by atoms with E-state index in [2.05, 4.69) is 5.10 Å². The second-order valence-corrected chi connectivity index (χ2v) is 6.88. The highest BCUT2D eigenvalue weighted by molar-refractivity contribution is 5.92. The quantitative estimate of drug-likeness (QED) is 0.909. The number of hydrogen-bond acceptors (Lipinski definition) is 4. The zero-order chi connectivity index (χ0) is 18.0. The molecular weight excluding hydrogens is 322 g/mol. The first-order valence-electron chi connectivity index (χ1n) is 8.25. The molecule has 1 saturated heterocycles. The third kappa shape index (κ3) is 4.11. The molecule has 134 valence electrons. The Hall–Kier alpha value is -2.54. The molecule has 0 aliphatic carbocycles. The molecular formula is C18H23N3O4. The SMILES string of the molecule is Cn1[nH]c(C(=O)N2C[C@@H](COc3ccccc3)OC(C)(C)C2)cc1=O. The van der Waals surface area contributed by atoms with E-state index in [0.29, 0.717) is 19.7 Å². The molecule has 0 radical (unpaired) electrons. The van der Waals surface area contributed by atoms with E-state index in [1.165, 1.54) is 10.7 Å². The molecule has 1 aromatic heterocycles. The summed E-state index contributed by atoms with van der Waals surface area (Å²) >= 11 is 0. The topological polar surface area (TPSA) is 76.6 Å². The molecule has 0 saturated carbocycles. The molecule has 1 aromatic carbocycles. The van der Waals surface area contributed by atoms with Crippen molar-refractivity contribution in [3.8, 4) is 5.75 Å². The van der Waals surface area contributed by atoms with E-state index in [1.807, 2.05) is 44.2 Å². The molecule has 0 spiro atoms. The van der Waals surface area contributed by atoms with E-state index in [4.69, 9.17) is 9.47 Å². The molecule has 1 fully saturated rings. The zero-order valence-electron chi connectivity index (χ0n) is 14.7. The van der Waals surface area contributed by atoms with E-state index in [1.54, 1.807) is 11.9 Å². The van der Waals surface area contributed by atoms with Gasteiger partial charge in [-0.25, -0.2) is 0 Å². The number of rotatable bonds is 4. The summed E-state index contributed by atoms with van der Waals surface area (Å²) in [5, 5.41) is 2.78. The molecule has 1 aliphatic rings. The zero-order valence-corrected chi connectivity index (χ0v) is 14.7. The van der Waals surface area contributed by atoms with Crippen LogP contribution in [0.25, 0.3) is 0 Å². The first kappa shape index (κ1) is 17.3. The Labute approximate surface area is 146 Å². The smallest absolute Gasteiger partial charge is 0.272 e. The molecule has 7 nitrogen and oxygen atoms in total. The van der Waals surface area contributed by atoms with Gasteiger partial charge in [-0.15, -0.1) is 0 Å². The lowest BCUT2D eigenvalue weighted by atomic mass is 10.0. The molecule has 3 rings (SSSR count). The first-order chi connectivity index (χ1) is 11.8. The van der Waals surface area contributed by atoms with Crippen molar-refractivity contribution >= 4 is 5.91 Å². The van der Waals surface area contributed by atoms with Gasteiger partial charge in [-0.2, -0.15) is 0 Å². The second kappa shape index (κ2) is 6.76. The van der Waals surface area contributed by atoms with Crippen molar-refractivity contribution in [2.24, 2.45) is 7.05 Å². The predicted molar refractivity (Wildman–Crippen MR) is 92.8 cm³/mol. The molecule has 2 heterocycles. The van der Waals surface area contributed by atoms with Gasteiger partial charge >= 0.3 is 0 Å². The number of nitrogens with one attached hydrogen (secondary N) is 1. The molecule has 1 amide bonds. The molecule has 1 aliphatic heterocycles. The molecule has 2 aromatic rings. The fraction of sp³-hybridized carbons (Fsp3) is 0.444.